The van der Waals surface area contributed by atoms with E-state index in [0.717, 1.165) is 26.2 Å². The second-order valence-corrected chi connectivity index (χ2v) is 6.30. The van der Waals surface area contributed by atoms with Gasteiger partial charge in [0.2, 0.25) is 0 Å². The van der Waals surface area contributed by atoms with Gasteiger partial charge in [-0.1, -0.05) is 60.7 Å². The van der Waals surface area contributed by atoms with Crippen molar-refractivity contribution < 1.29 is 9.47 Å². The topological polar surface area (TPSA) is 36.3 Å². The van der Waals surface area contributed by atoms with Gasteiger partial charge < -0.3 is 14.0 Å². The predicted molar refractivity (Wildman–Crippen MR) is 106 cm³/mol. The summed E-state index contributed by atoms with van der Waals surface area (Å²) < 4.78 is 12.6. The first-order chi connectivity index (χ1) is 12.8. The van der Waals surface area contributed by atoms with E-state index in [1.165, 1.54) is 11.1 Å². The first-order valence-corrected chi connectivity index (χ1v) is 9.12. The lowest BCUT2D eigenvalue weighted by Crippen LogP contribution is -2.10. The lowest BCUT2D eigenvalue weighted by atomic mass is 9.76. The zero-order valence-electron chi connectivity index (χ0n) is 15.2. The minimum atomic E-state index is -0.00704. The van der Waals surface area contributed by atoms with Crippen molar-refractivity contribution in [3.63, 3.8) is 0 Å². The summed E-state index contributed by atoms with van der Waals surface area (Å²) >= 11 is 0. The van der Waals surface area contributed by atoms with Crippen LogP contribution in [-0.4, -0.2) is 36.9 Å². The molecular formula is C21H25BN2O2. The van der Waals surface area contributed by atoms with Gasteiger partial charge in [0.15, 0.2) is 6.29 Å². The number of aryl methyl sites for hydroxylation is 1. The third-order valence-corrected chi connectivity index (χ3v) is 4.47. The normalized spacial score (nSPS) is 14.2. The average Bonchev–Trinajstić information content (AvgIpc) is 3.41. The summed E-state index contributed by atoms with van der Waals surface area (Å²) in [7, 11) is 2.24. The van der Waals surface area contributed by atoms with Crippen molar-refractivity contribution in [3.05, 3.63) is 90.5 Å². The molecule has 4 rings (SSSR count). The molecule has 5 heteroatoms. The molecule has 134 valence electrons. The van der Waals surface area contributed by atoms with E-state index in [0.29, 0.717) is 5.82 Å². The fraction of sp³-hybridized carbons (Fsp3) is 0.286. The van der Waals surface area contributed by atoms with Crippen LogP contribution >= 0.6 is 0 Å². The van der Waals surface area contributed by atoms with E-state index in [2.05, 4.69) is 73.5 Å². The lowest BCUT2D eigenvalue weighted by Gasteiger charge is -2.11. The molecule has 0 radical (unpaired) electrons. The number of hydrogen-bond donors (Lipinski definition) is 0. The molecule has 0 atom stereocenters. The molecule has 0 unspecified atom stereocenters. The molecular weight excluding hydrogens is 323 g/mol. The van der Waals surface area contributed by atoms with Gasteiger partial charge >= 0.3 is 0 Å². The van der Waals surface area contributed by atoms with Crippen molar-refractivity contribution in [3.8, 4) is 0 Å². The SMILES string of the molecule is BC(c1ccccc1)c1ccccc1.c1cn(CCC2OCCO2)cn1. The van der Waals surface area contributed by atoms with Crippen LogP contribution in [0.2, 0.25) is 0 Å². The molecule has 3 aromatic rings. The summed E-state index contributed by atoms with van der Waals surface area (Å²) in [6.45, 7) is 2.37. The molecule has 2 aromatic carbocycles. The molecule has 0 saturated carbocycles. The summed E-state index contributed by atoms with van der Waals surface area (Å²) in [5.74, 6) is 0.484. The molecule has 1 aliphatic heterocycles. The van der Waals surface area contributed by atoms with Crippen molar-refractivity contribution in [1.82, 2.24) is 9.55 Å². The Bertz CT molecular complexity index is 690. The second-order valence-electron chi connectivity index (χ2n) is 6.30. The van der Waals surface area contributed by atoms with Crippen LogP contribution in [0.1, 0.15) is 23.4 Å². The Morgan fingerprint density at radius 2 is 1.54 bits per heavy atom. The number of aromatic nitrogens is 2. The highest BCUT2D eigenvalue weighted by Gasteiger charge is 2.14. The second kappa shape index (κ2) is 9.95. The minimum Gasteiger partial charge on any atom is -0.350 e. The zero-order valence-corrected chi connectivity index (χ0v) is 15.2. The number of hydrogen-bond acceptors (Lipinski definition) is 3. The Hall–Kier alpha value is -2.37. The number of imidazole rings is 1. The number of ether oxygens (including phenoxy) is 2. The number of nitrogens with zero attached hydrogens (tertiary/aromatic N) is 2. The molecule has 0 spiro atoms. The molecule has 1 aliphatic rings. The monoisotopic (exact) mass is 348 g/mol. The van der Waals surface area contributed by atoms with Crippen molar-refractivity contribution >= 4 is 7.85 Å². The Morgan fingerprint density at radius 3 is 2.04 bits per heavy atom. The van der Waals surface area contributed by atoms with Crippen molar-refractivity contribution in [2.45, 2.75) is 25.1 Å². The van der Waals surface area contributed by atoms with E-state index in [9.17, 15) is 0 Å². The van der Waals surface area contributed by atoms with Gasteiger partial charge in [-0.15, -0.1) is 0 Å². The van der Waals surface area contributed by atoms with Crippen molar-refractivity contribution in [1.29, 1.82) is 0 Å². The smallest absolute Gasteiger partial charge is 0.159 e. The van der Waals surface area contributed by atoms with Gasteiger partial charge in [-0.2, -0.15) is 0 Å². The van der Waals surface area contributed by atoms with E-state index in [-0.39, 0.29) is 6.29 Å². The standard InChI is InChI=1S/C13H13B.C8H12N2O2/c14-13(11-7-3-1-4-8-11)12-9-5-2-6-10-12;1(8-11-5-6-12-8)3-10-4-2-9-7-10/h1-10,13H,14H2;2,4,7-8H,1,3,5-6H2. The molecule has 1 fully saturated rings. The van der Waals surface area contributed by atoms with Crippen LogP contribution in [0.3, 0.4) is 0 Å². The highest BCUT2D eigenvalue weighted by Crippen LogP contribution is 2.20. The molecule has 2 heterocycles. The highest BCUT2D eigenvalue weighted by atomic mass is 16.7. The van der Waals surface area contributed by atoms with Gasteiger partial charge in [0, 0.05) is 25.4 Å². The Labute approximate surface area is 156 Å². The molecule has 1 saturated heterocycles. The van der Waals surface area contributed by atoms with Crippen LogP contribution < -0.4 is 0 Å². The van der Waals surface area contributed by atoms with Crippen LogP contribution in [0, 0.1) is 0 Å². The summed E-state index contributed by atoms with van der Waals surface area (Å²) in [4.78, 5) is 3.95. The van der Waals surface area contributed by atoms with Crippen LogP contribution in [0.4, 0.5) is 0 Å². The van der Waals surface area contributed by atoms with Gasteiger partial charge in [-0.3, -0.25) is 0 Å². The van der Waals surface area contributed by atoms with Crippen LogP contribution in [0.15, 0.2) is 79.4 Å². The van der Waals surface area contributed by atoms with E-state index in [1.807, 2.05) is 10.8 Å². The fourth-order valence-corrected chi connectivity index (χ4v) is 2.92. The molecule has 0 aliphatic carbocycles. The fourth-order valence-electron chi connectivity index (χ4n) is 2.92. The molecule has 0 N–H and O–H groups in total. The van der Waals surface area contributed by atoms with Crippen LogP contribution in [0.25, 0.3) is 0 Å². The predicted octanol–water partition coefficient (Wildman–Crippen LogP) is 3.06. The first-order valence-electron chi connectivity index (χ1n) is 9.12. The van der Waals surface area contributed by atoms with Gasteiger partial charge in [-0.25, -0.2) is 4.98 Å². The molecule has 1 aromatic heterocycles. The maximum atomic E-state index is 5.30. The first kappa shape index (κ1) is 18.4. The van der Waals surface area contributed by atoms with E-state index in [4.69, 9.17) is 9.47 Å². The van der Waals surface area contributed by atoms with E-state index >= 15 is 0 Å². The van der Waals surface area contributed by atoms with Crippen molar-refractivity contribution in [2.75, 3.05) is 13.2 Å². The average molecular weight is 348 g/mol. The molecule has 4 nitrogen and oxygen atoms in total. The quantitative estimate of drug-likeness (QED) is 0.665. The van der Waals surface area contributed by atoms with Crippen molar-refractivity contribution in [2.24, 2.45) is 0 Å². The largest absolute Gasteiger partial charge is 0.350 e. The zero-order chi connectivity index (χ0) is 18.0. The van der Waals surface area contributed by atoms with Gasteiger partial charge in [0.25, 0.3) is 0 Å². The summed E-state index contributed by atoms with van der Waals surface area (Å²) in [5.41, 5.74) is 2.75. The summed E-state index contributed by atoms with van der Waals surface area (Å²) in [6, 6.07) is 21.2. The van der Waals surface area contributed by atoms with Gasteiger partial charge in [0.1, 0.15) is 7.85 Å². The number of benzene rings is 2. The third-order valence-electron chi connectivity index (χ3n) is 4.47. The lowest BCUT2D eigenvalue weighted by molar-refractivity contribution is -0.0490. The van der Waals surface area contributed by atoms with Crippen LogP contribution in [0.5, 0.6) is 0 Å². The maximum absolute atomic E-state index is 5.30. The maximum Gasteiger partial charge on any atom is 0.159 e. The molecule has 26 heavy (non-hydrogen) atoms. The van der Waals surface area contributed by atoms with E-state index in [1.54, 1.807) is 12.5 Å². The Balaban J connectivity index is 0.000000152. The molecule has 0 bridgehead atoms. The third kappa shape index (κ3) is 5.58. The summed E-state index contributed by atoms with van der Waals surface area (Å²) in [6.07, 6.45) is 6.41. The van der Waals surface area contributed by atoms with Gasteiger partial charge in [-0.05, 0) is 16.9 Å². The van der Waals surface area contributed by atoms with Gasteiger partial charge in [0.05, 0.1) is 19.5 Å². The Morgan fingerprint density at radius 1 is 0.962 bits per heavy atom. The van der Waals surface area contributed by atoms with E-state index < -0.39 is 0 Å². The number of rotatable bonds is 5. The van der Waals surface area contributed by atoms with Crippen LogP contribution in [-0.2, 0) is 16.0 Å². The molecule has 0 amide bonds. The summed E-state index contributed by atoms with van der Waals surface area (Å²) in [5, 5.41) is 0. The Kier molecular flexibility index (Phi) is 7.05. The highest BCUT2D eigenvalue weighted by molar-refractivity contribution is 6.14. The minimum absolute atomic E-state index is 0.00704.